The highest BCUT2D eigenvalue weighted by atomic mass is 16.3. The van der Waals surface area contributed by atoms with Crippen molar-refractivity contribution in [2.45, 2.75) is 12.6 Å². The van der Waals surface area contributed by atoms with Crippen LogP contribution in [0.5, 0.6) is 0 Å². The Hall–Kier alpha value is -0.980. The minimum Gasteiger partial charge on any atom is -0.395 e. The molecule has 88 valence electrons. The van der Waals surface area contributed by atoms with E-state index in [9.17, 15) is 14.7 Å². The van der Waals surface area contributed by atoms with Crippen molar-refractivity contribution in [2.24, 2.45) is 0 Å². The zero-order valence-electron chi connectivity index (χ0n) is 9.30. The maximum absolute atomic E-state index is 11.3. The number of carbonyl (C=O) groups excluding carboxylic acids is 2. The summed E-state index contributed by atoms with van der Waals surface area (Å²) in [6, 6.07) is 0. The van der Waals surface area contributed by atoms with Gasteiger partial charge >= 0.3 is 0 Å². The summed E-state index contributed by atoms with van der Waals surface area (Å²) >= 11 is 0. The van der Waals surface area contributed by atoms with Crippen molar-refractivity contribution in [1.82, 2.24) is 9.80 Å². The van der Waals surface area contributed by atoms with Crippen LogP contribution < -0.4 is 0 Å². The van der Waals surface area contributed by atoms with E-state index in [4.69, 9.17) is 5.11 Å². The van der Waals surface area contributed by atoms with Crippen molar-refractivity contribution >= 4 is 11.7 Å². The summed E-state index contributed by atoms with van der Waals surface area (Å²) in [7, 11) is 4.52. The van der Waals surface area contributed by atoms with Gasteiger partial charge in [0.1, 0.15) is 6.23 Å². The molecule has 0 rings (SSSR count). The van der Waals surface area contributed by atoms with Gasteiger partial charge in [-0.3, -0.25) is 14.5 Å². The number of carbonyl (C=O) groups is 2. The molecule has 0 bridgehead atoms. The van der Waals surface area contributed by atoms with E-state index in [1.54, 1.807) is 7.05 Å². The molecule has 0 aliphatic heterocycles. The topological polar surface area (TPSA) is 81.1 Å². The van der Waals surface area contributed by atoms with E-state index in [0.29, 0.717) is 0 Å². The lowest BCUT2D eigenvalue weighted by Crippen LogP contribution is -2.39. The van der Waals surface area contributed by atoms with Crippen molar-refractivity contribution in [3.05, 3.63) is 0 Å². The summed E-state index contributed by atoms with van der Waals surface area (Å²) < 4.78 is 0. The van der Waals surface area contributed by atoms with Gasteiger partial charge in [0.05, 0.1) is 13.0 Å². The number of likely N-dealkylation sites (N-methyl/N-ethyl adjacent to an activating group) is 2. The third-order valence-corrected chi connectivity index (χ3v) is 1.97. The van der Waals surface area contributed by atoms with Gasteiger partial charge in [-0.1, -0.05) is 0 Å². The largest absolute Gasteiger partial charge is 0.395 e. The predicted molar refractivity (Wildman–Crippen MR) is 54.0 cm³/mol. The van der Waals surface area contributed by atoms with Gasteiger partial charge in [0.2, 0.25) is 5.78 Å². The summed E-state index contributed by atoms with van der Waals surface area (Å²) in [4.78, 5) is 25.0. The first kappa shape index (κ1) is 14.0. The number of Topliss-reactive ketones (excluding diaryl/α,β-unsaturated/α-hetero) is 1. The second-order valence-corrected chi connectivity index (χ2v) is 3.51. The number of aliphatic hydroxyl groups excluding tert-OH is 2. The van der Waals surface area contributed by atoms with E-state index in [1.807, 2.05) is 0 Å². The maximum atomic E-state index is 11.3. The van der Waals surface area contributed by atoms with Crippen LogP contribution in [0.1, 0.15) is 6.42 Å². The van der Waals surface area contributed by atoms with E-state index < -0.39 is 17.9 Å². The number of nitrogens with zero attached hydrogens (tertiary/aromatic N) is 2. The van der Waals surface area contributed by atoms with Gasteiger partial charge in [-0.2, -0.15) is 0 Å². The van der Waals surface area contributed by atoms with E-state index in [2.05, 4.69) is 0 Å². The number of ketones is 1. The Bertz CT molecular complexity index is 230. The smallest absolute Gasteiger partial charge is 0.289 e. The molecule has 1 unspecified atom stereocenters. The maximum Gasteiger partial charge on any atom is 0.289 e. The second kappa shape index (κ2) is 6.49. The van der Waals surface area contributed by atoms with Gasteiger partial charge in [-0.05, 0) is 7.05 Å². The minimum absolute atomic E-state index is 0.108. The molecule has 2 N–H and O–H groups in total. The van der Waals surface area contributed by atoms with Crippen LogP contribution in [-0.2, 0) is 9.59 Å². The van der Waals surface area contributed by atoms with E-state index in [0.717, 1.165) is 0 Å². The molecular weight excluding hydrogens is 200 g/mol. The van der Waals surface area contributed by atoms with E-state index in [1.165, 1.54) is 23.9 Å². The van der Waals surface area contributed by atoms with Gasteiger partial charge in [-0.25, -0.2) is 0 Å². The fraction of sp³-hybridized carbons (Fsp3) is 0.778. The first-order valence-corrected chi connectivity index (χ1v) is 4.63. The molecule has 6 heteroatoms. The average molecular weight is 218 g/mol. The Balaban J connectivity index is 4.12. The molecule has 0 aromatic rings. The zero-order valence-corrected chi connectivity index (χ0v) is 9.30. The van der Waals surface area contributed by atoms with Crippen molar-refractivity contribution in [2.75, 3.05) is 34.3 Å². The van der Waals surface area contributed by atoms with Crippen molar-refractivity contribution in [3.63, 3.8) is 0 Å². The molecule has 0 fully saturated rings. The van der Waals surface area contributed by atoms with Gasteiger partial charge in [0.25, 0.3) is 5.91 Å². The number of rotatable bonds is 6. The van der Waals surface area contributed by atoms with Gasteiger partial charge in [-0.15, -0.1) is 0 Å². The van der Waals surface area contributed by atoms with Crippen molar-refractivity contribution in [3.8, 4) is 0 Å². The molecule has 0 aliphatic carbocycles. The highest BCUT2D eigenvalue weighted by molar-refractivity contribution is 6.36. The molecule has 1 atom stereocenters. The first-order chi connectivity index (χ1) is 6.90. The van der Waals surface area contributed by atoms with Crippen LogP contribution in [0.15, 0.2) is 0 Å². The monoisotopic (exact) mass is 218 g/mol. The minimum atomic E-state index is -1.03. The highest BCUT2D eigenvalue weighted by Gasteiger charge is 2.21. The van der Waals surface area contributed by atoms with Crippen LogP contribution in [0.3, 0.4) is 0 Å². The molecule has 0 saturated heterocycles. The predicted octanol–water partition coefficient (Wildman–Crippen LogP) is -1.72. The lowest BCUT2D eigenvalue weighted by molar-refractivity contribution is -0.145. The lowest BCUT2D eigenvalue weighted by Gasteiger charge is -2.21. The van der Waals surface area contributed by atoms with Crippen molar-refractivity contribution in [1.29, 1.82) is 0 Å². The molecule has 1 amide bonds. The van der Waals surface area contributed by atoms with Crippen LogP contribution in [0.2, 0.25) is 0 Å². The fourth-order valence-electron chi connectivity index (χ4n) is 0.965. The Kier molecular flexibility index (Phi) is 6.07. The quantitative estimate of drug-likeness (QED) is 0.409. The molecule has 0 saturated carbocycles. The Morgan fingerprint density at radius 3 is 2.20 bits per heavy atom. The van der Waals surface area contributed by atoms with Gasteiger partial charge in [0.15, 0.2) is 0 Å². The summed E-state index contributed by atoms with van der Waals surface area (Å²) in [5.74, 6) is -1.27. The number of aliphatic hydroxyl groups is 2. The standard InChI is InChI=1S/C9H18N2O4/c1-10(2)9(15)7(13)6-8(14)11(3)4-5-12/h8,12,14H,4-6H2,1-3H3. The molecule has 0 aromatic carbocycles. The lowest BCUT2D eigenvalue weighted by atomic mass is 10.2. The van der Waals surface area contributed by atoms with E-state index >= 15 is 0 Å². The highest BCUT2D eigenvalue weighted by Crippen LogP contribution is 2.00. The molecule has 0 spiro atoms. The fourth-order valence-corrected chi connectivity index (χ4v) is 0.965. The van der Waals surface area contributed by atoms with Gasteiger partial charge in [0, 0.05) is 20.6 Å². The van der Waals surface area contributed by atoms with E-state index in [-0.39, 0.29) is 19.6 Å². The number of amides is 1. The van der Waals surface area contributed by atoms with Crippen LogP contribution in [0.25, 0.3) is 0 Å². The molecule has 0 aliphatic rings. The molecule has 15 heavy (non-hydrogen) atoms. The third-order valence-electron chi connectivity index (χ3n) is 1.97. The summed E-state index contributed by atoms with van der Waals surface area (Å²) in [5, 5.41) is 18.1. The summed E-state index contributed by atoms with van der Waals surface area (Å²) in [5.41, 5.74) is 0. The first-order valence-electron chi connectivity index (χ1n) is 4.63. The molecule has 6 nitrogen and oxygen atoms in total. The number of hydrogen-bond acceptors (Lipinski definition) is 5. The second-order valence-electron chi connectivity index (χ2n) is 3.51. The average Bonchev–Trinajstić information content (AvgIpc) is 2.16. The summed E-state index contributed by atoms with van der Waals surface area (Å²) in [6.07, 6.45) is -1.29. The van der Waals surface area contributed by atoms with Crippen LogP contribution >= 0.6 is 0 Å². The van der Waals surface area contributed by atoms with Crippen molar-refractivity contribution < 1.29 is 19.8 Å². The zero-order chi connectivity index (χ0) is 12.0. The van der Waals surface area contributed by atoms with Crippen LogP contribution in [0, 0.1) is 0 Å². The SMILES string of the molecule is CN(C)C(=O)C(=O)CC(O)N(C)CCO. The third kappa shape index (κ3) is 4.87. The molecular formula is C9H18N2O4. The number of hydrogen-bond donors (Lipinski definition) is 2. The Morgan fingerprint density at radius 1 is 1.27 bits per heavy atom. The van der Waals surface area contributed by atoms with Gasteiger partial charge < -0.3 is 15.1 Å². The normalized spacial score (nSPS) is 12.7. The Morgan fingerprint density at radius 2 is 1.80 bits per heavy atom. The van der Waals surface area contributed by atoms with Crippen LogP contribution in [-0.4, -0.2) is 72.2 Å². The molecule has 0 radical (unpaired) electrons. The Labute approximate surface area is 89.1 Å². The summed E-state index contributed by atoms with van der Waals surface area (Å²) in [6.45, 7) is 0.147. The molecule has 0 heterocycles. The molecule has 0 aromatic heterocycles. The van der Waals surface area contributed by atoms with Crippen LogP contribution in [0.4, 0.5) is 0 Å².